The highest BCUT2D eigenvalue weighted by Gasteiger charge is 2.33. The summed E-state index contributed by atoms with van der Waals surface area (Å²) in [6.45, 7) is 7.37. The van der Waals surface area contributed by atoms with Gasteiger partial charge in [-0.3, -0.25) is 4.79 Å². The summed E-state index contributed by atoms with van der Waals surface area (Å²) in [5.74, 6) is 1.33. The number of amides is 1. The molecular formula is C22H23N3O3S. The first-order valence-electron chi connectivity index (χ1n) is 9.89. The number of carbonyl (C=O) groups excluding carboxylic acids is 1. The molecule has 1 aromatic heterocycles. The van der Waals surface area contributed by atoms with Crippen molar-refractivity contribution in [3.05, 3.63) is 47.5 Å². The molecule has 150 valence electrons. The number of thiazole rings is 1. The quantitative estimate of drug-likeness (QED) is 0.649. The Hall–Kier alpha value is -2.80. The molecule has 3 heterocycles. The van der Waals surface area contributed by atoms with E-state index in [0.29, 0.717) is 24.6 Å². The largest absolute Gasteiger partial charge is 0.485 e. The summed E-state index contributed by atoms with van der Waals surface area (Å²) >= 11 is 1.72. The summed E-state index contributed by atoms with van der Waals surface area (Å²) in [5.41, 5.74) is 3.60. The van der Waals surface area contributed by atoms with Crippen LogP contribution in [0.5, 0.6) is 11.5 Å². The second-order valence-electron chi connectivity index (χ2n) is 7.53. The van der Waals surface area contributed by atoms with E-state index in [1.165, 1.54) is 15.8 Å². The zero-order valence-electron chi connectivity index (χ0n) is 16.6. The normalized spacial score (nSPS) is 18.9. The van der Waals surface area contributed by atoms with Crippen LogP contribution in [0.2, 0.25) is 0 Å². The number of aromatic nitrogens is 1. The molecule has 5 rings (SSSR count). The van der Waals surface area contributed by atoms with Gasteiger partial charge in [0, 0.05) is 26.2 Å². The molecule has 1 fully saturated rings. The smallest absolute Gasteiger partial charge is 0.267 e. The topological polar surface area (TPSA) is 54.9 Å². The van der Waals surface area contributed by atoms with Gasteiger partial charge in [0.2, 0.25) is 6.10 Å². The second-order valence-corrected chi connectivity index (χ2v) is 8.54. The van der Waals surface area contributed by atoms with Gasteiger partial charge in [-0.05, 0) is 43.2 Å². The molecule has 0 unspecified atom stereocenters. The Morgan fingerprint density at radius 2 is 1.83 bits per heavy atom. The molecule has 1 atom stereocenters. The first-order chi connectivity index (χ1) is 14.1. The van der Waals surface area contributed by atoms with E-state index in [2.05, 4.69) is 30.9 Å². The standard InChI is InChI=1S/C22H23N3O3S/c1-14-7-8-19-20(15(14)2)23-22(29-19)25-11-9-24(10-12-25)21(26)18-13-27-16-5-3-4-6-17(16)28-18/h3-8,18H,9-13H2,1-2H3/t18-/m1/s1. The monoisotopic (exact) mass is 409 g/mol. The van der Waals surface area contributed by atoms with Gasteiger partial charge in [0.25, 0.3) is 5.91 Å². The van der Waals surface area contributed by atoms with Crippen LogP contribution in [0.4, 0.5) is 5.13 Å². The Bertz CT molecular complexity index is 1070. The first kappa shape index (κ1) is 18.2. The molecule has 2 aliphatic heterocycles. The third-order valence-corrected chi connectivity index (χ3v) is 6.80. The molecule has 0 spiro atoms. The SMILES string of the molecule is Cc1ccc2sc(N3CCN(C(=O)[C@H]4COc5ccccc5O4)CC3)nc2c1C. The molecule has 29 heavy (non-hydrogen) atoms. The van der Waals surface area contributed by atoms with Gasteiger partial charge in [0.05, 0.1) is 10.2 Å². The van der Waals surface area contributed by atoms with Crippen molar-refractivity contribution in [1.82, 2.24) is 9.88 Å². The van der Waals surface area contributed by atoms with Crippen LogP contribution in [0.15, 0.2) is 36.4 Å². The maximum atomic E-state index is 12.9. The lowest BCUT2D eigenvalue weighted by Gasteiger charge is -2.37. The highest BCUT2D eigenvalue weighted by atomic mass is 32.1. The number of nitrogens with zero attached hydrogens (tertiary/aromatic N) is 3. The third-order valence-electron chi connectivity index (χ3n) is 5.72. The minimum absolute atomic E-state index is 0.00470. The molecule has 0 aliphatic carbocycles. The van der Waals surface area contributed by atoms with Crippen molar-refractivity contribution in [3.63, 3.8) is 0 Å². The minimum atomic E-state index is -0.579. The summed E-state index contributed by atoms with van der Waals surface area (Å²) in [6.07, 6.45) is -0.579. The van der Waals surface area contributed by atoms with Crippen molar-refractivity contribution in [1.29, 1.82) is 0 Å². The predicted octanol–water partition coefficient (Wildman–Crippen LogP) is 3.40. The molecule has 1 saturated heterocycles. The van der Waals surface area contributed by atoms with Crippen LogP contribution in [0.1, 0.15) is 11.1 Å². The van der Waals surface area contributed by atoms with Crippen molar-refractivity contribution in [2.45, 2.75) is 20.0 Å². The lowest BCUT2D eigenvalue weighted by molar-refractivity contribution is -0.141. The fourth-order valence-electron chi connectivity index (χ4n) is 3.81. The first-order valence-corrected chi connectivity index (χ1v) is 10.7. The number of benzene rings is 2. The van der Waals surface area contributed by atoms with Gasteiger partial charge in [0.15, 0.2) is 16.6 Å². The minimum Gasteiger partial charge on any atom is -0.485 e. The number of carbonyl (C=O) groups is 1. The molecule has 7 heteroatoms. The summed E-state index contributed by atoms with van der Waals surface area (Å²) in [5, 5.41) is 1.03. The number of piperazine rings is 1. The predicted molar refractivity (Wildman–Crippen MR) is 114 cm³/mol. The van der Waals surface area contributed by atoms with Crippen LogP contribution in [-0.2, 0) is 4.79 Å². The van der Waals surface area contributed by atoms with Crippen LogP contribution in [-0.4, -0.2) is 54.7 Å². The Morgan fingerprint density at radius 3 is 2.62 bits per heavy atom. The Morgan fingerprint density at radius 1 is 1.07 bits per heavy atom. The number of ether oxygens (including phenoxy) is 2. The van der Waals surface area contributed by atoms with Gasteiger partial charge >= 0.3 is 0 Å². The highest BCUT2D eigenvalue weighted by molar-refractivity contribution is 7.22. The van der Waals surface area contributed by atoms with Crippen LogP contribution in [0.3, 0.4) is 0 Å². The lowest BCUT2D eigenvalue weighted by Crippen LogP contribution is -2.54. The summed E-state index contributed by atoms with van der Waals surface area (Å²) in [4.78, 5) is 21.9. The number of hydrogen-bond donors (Lipinski definition) is 0. The van der Waals surface area contributed by atoms with E-state index >= 15 is 0 Å². The molecule has 0 radical (unpaired) electrons. The van der Waals surface area contributed by atoms with Gasteiger partial charge in [-0.25, -0.2) is 4.98 Å². The van der Waals surface area contributed by atoms with Crippen LogP contribution in [0, 0.1) is 13.8 Å². The van der Waals surface area contributed by atoms with E-state index in [1.807, 2.05) is 29.2 Å². The number of hydrogen-bond acceptors (Lipinski definition) is 6. The van der Waals surface area contributed by atoms with Crippen molar-refractivity contribution in [3.8, 4) is 11.5 Å². The molecule has 2 aromatic carbocycles. The fraction of sp³-hybridized carbons (Fsp3) is 0.364. The Kier molecular flexibility index (Phi) is 4.54. The average Bonchev–Trinajstić information content (AvgIpc) is 3.21. The molecule has 6 nitrogen and oxygen atoms in total. The number of para-hydroxylation sites is 2. The van der Waals surface area contributed by atoms with E-state index in [4.69, 9.17) is 14.5 Å². The zero-order chi connectivity index (χ0) is 20.0. The summed E-state index contributed by atoms with van der Waals surface area (Å²) < 4.78 is 12.8. The molecule has 3 aromatic rings. The summed E-state index contributed by atoms with van der Waals surface area (Å²) in [6, 6.07) is 11.8. The number of anilines is 1. The van der Waals surface area contributed by atoms with Crippen LogP contribution >= 0.6 is 11.3 Å². The lowest BCUT2D eigenvalue weighted by atomic mass is 10.1. The second kappa shape index (κ2) is 7.22. The van der Waals surface area contributed by atoms with E-state index in [-0.39, 0.29) is 12.5 Å². The molecule has 1 amide bonds. The third kappa shape index (κ3) is 3.29. The Labute approximate surface area is 173 Å². The van der Waals surface area contributed by atoms with Gasteiger partial charge in [-0.1, -0.05) is 29.5 Å². The van der Waals surface area contributed by atoms with E-state index in [9.17, 15) is 4.79 Å². The number of aryl methyl sites for hydroxylation is 2. The fourth-order valence-corrected chi connectivity index (χ4v) is 4.89. The molecule has 0 N–H and O–H groups in total. The van der Waals surface area contributed by atoms with Gasteiger partial charge in [-0.2, -0.15) is 0 Å². The van der Waals surface area contributed by atoms with E-state index in [0.717, 1.165) is 23.7 Å². The van der Waals surface area contributed by atoms with Gasteiger partial charge in [-0.15, -0.1) is 0 Å². The highest BCUT2D eigenvalue weighted by Crippen LogP contribution is 2.33. The summed E-state index contributed by atoms with van der Waals surface area (Å²) in [7, 11) is 0. The van der Waals surface area contributed by atoms with Crippen LogP contribution in [0.25, 0.3) is 10.2 Å². The van der Waals surface area contributed by atoms with Crippen molar-refractivity contribution >= 4 is 32.6 Å². The van der Waals surface area contributed by atoms with E-state index < -0.39 is 6.10 Å². The van der Waals surface area contributed by atoms with Crippen molar-refractivity contribution < 1.29 is 14.3 Å². The van der Waals surface area contributed by atoms with Gasteiger partial charge < -0.3 is 19.3 Å². The maximum absolute atomic E-state index is 12.9. The van der Waals surface area contributed by atoms with Crippen LogP contribution < -0.4 is 14.4 Å². The van der Waals surface area contributed by atoms with E-state index in [1.54, 1.807) is 11.3 Å². The van der Waals surface area contributed by atoms with Crippen molar-refractivity contribution in [2.75, 3.05) is 37.7 Å². The van der Waals surface area contributed by atoms with Crippen molar-refractivity contribution in [2.24, 2.45) is 0 Å². The Balaban J connectivity index is 1.25. The zero-order valence-corrected chi connectivity index (χ0v) is 17.4. The molecular weight excluding hydrogens is 386 g/mol. The molecule has 2 aliphatic rings. The number of rotatable bonds is 2. The molecule has 0 bridgehead atoms. The number of fused-ring (bicyclic) bond motifs is 2. The average molecular weight is 410 g/mol. The molecule has 0 saturated carbocycles. The maximum Gasteiger partial charge on any atom is 0.267 e. The van der Waals surface area contributed by atoms with Gasteiger partial charge in [0.1, 0.15) is 6.61 Å².